The smallest absolute Gasteiger partial charge is 0.221 e. The van der Waals surface area contributed by atoms with Crippen molar-refractivity contribution >= 4 is 17.3 Å². The molecule has 1 aliphatic rings. The van der Waals surface area contributed by atoms with Gasteiger partial charge >= 0.3 is 0 Å². The summed E-state index contributed by atoms with van der Waals surface area (Å²) in [5.41, 5.74) is 3.30. The van der Waals surface area contributed by atoms with E-state index in [2.05, 4.69) is 10.5 Å². The number of benzene rings is 1. The first-order valence-electron chi connectivity index (χ1n) is 5.97. The standard InChI is InChI=1S/C13H16N2O2/c1-9(16)14-12-7-10-5-3-2-4-6-11(10)8-13(12)15-17/h7-8H,2-6H2,1H3,(H,14,16). The van der Waals surface area contributed by atoms with Gasteiger partial charge in [0.2, 0.25) is 5.91 Å². The maximum Gasteiger partial charge on any atom is 0.221 e. The second-order valence-corrected chi connectivity index (χ2v) is 4.47. The fraction of sp³-hybridized carbons (Fsp3) is 0.462. The fourth-order valence-electron chi connectivity index (χ4n) is 2.31. The van der Waals surface area contributed by atoms with Crippen LogP contribution in [0.3, 0.4) is 0 Å². The van der Waals surface area contributed by atoms with Gasteiger partial charge in [-0.3, -0.25) is 4.79 Å². The van der Waals surface area contributed by atoms with Crippen LogP contribution in [0.1, 0.15) is 37.3 Å². The lowest BCUT2D eigenvalue weighted by Gasteiger charge is -2.11. The van der Waals surface area contributed by atoms with E-state index in [1.807, 2.05) is 12.1 Å². The zero-order valence-corrected chi connectivity index (χ0v) is 9.95. The molecule has 2 rings (SSSR count). The summed E-state index contributed by atoms with van der Waals surface area (Å²) in [6.07, 6.45) is 5.55. The van der Waals surface area contributed by atoms with Crippen molar-refractivity contribution in [3.05, 3.63) is 28.2 Å². The summed E-state index contributed by atoms with van der Waals surface area (Å²) in [5.74, 6) is -0.177. The molecule has 1 amide bonds. The Labute approximate surface area is 100 Å². The van der Waals surface area contributed by atoms with Gasteiger partial charge in [-0.05, 0) is 54.1 Å². The Morgan fingerprint density at radius 2 is 1.82 bits per heavy atom. The first-order valence-corrected chi connectivity index (χ1v) is 5.97. The normalized spacial score (nSPS) is 14.6. The molecular weight excluding hydrogens is 216 g/mol. The second kappa shape index (κ2) is 5.08. The van der Waals surface area contributed by atoms with Crippen LogP contribution in [0.4, 0.5) is 11.4 Å². The van der Waals surface area contributed by atoms with Crippen LogP contribution < -0.4 is 5.32 Å². The molecule has 1 N–H and O–H groups in total. The third kappa shape index (κ3) is 2.70. The molecule has 0 fully saturated rings. The quantitative estimate of drug-likeness (QED) is 0.628. The molecule has 0 radical (unpaired) electrons. The van der Waals surface area contributed by atoms with Gasteiger partial charge in [-0.25, -0.2) is 0 Å². The van der Waals surface area contributed by atoms with Gasteiger partial charge in [-0.2, -0.15) is 0 Å². The van der Waals surface area contributed by atoms with Gasteiger partial charge in [-0.1, -0.05) is 6.42 Å². The van der Waals surface area contributed by atoms with E-state index in [0.29, 0.717) is 11.4 Å². The first-order chi connectivity index (χ1) is 8.20. The van der Waals surface area contributed by atoms with Crippen LogP contribution in [0.2, 0.25) is 0 Å². The van der Waals surface area contributed by atoms with E-state index in [4.69, 9.17) is 0 Å². The molecule has 0 saturated carbocycles. The molecule has 17 heavy (non-hydrogen) atoms. The van der Waals surface area contributed by atoms with E-state index in [1.165, 1.54) is 30.9 Å². The molecule has 0 spiro atoms. The minimum Gasteiger partial charge on any atom is -0.324 e. The predicted molar refractivity (Wildman–Crippen MR) is 67.5 cm³/mol. The molecule has 4 heteroatoms. The maximum absolute atomic E-state index is 11.1. The molecule has 0 aromatic heterocycles. The van der Waals surface area contributed by atoms with E-state index in [-0.39, 0.29) is 5.91 Å². The number of carbonyl (C=O) groups is 1. The largest absolute Gasteiger partial charge is 0.324 e. The molecule has 0 aliphatic heterocycles. The molecule has 90 valence electrons. The summed E-state index contributed by atoms with van der Waals surface area (Å²) in [5, 5.41) is 5.66. The van der Waals surface area contributed by atoms with Crippen molar-refractivity contribution in [1.29, 1.82) is 0 Å². The minimum atomic E-state index is -0.177. The average molecular weight is 232 g/mol. The molecule has 0 heterocycles. The zero-order valence-electron chi connectivity index (χ0n) is 9.95. The van der Waals surface area contributed by atoms with E-state index in [9.17, 15) is 9.70 Å². The number of anilines is 1. The second-order valence-electron chi connectivity index (χ2n) is 4.47. The van der Waals surface area contributed by atoms with Crippen molar-refractivity contribution in [2.24, 2.45) is 5.18 Å². The Bertz CT molecular complexity index is 455. The maximum atomic E-state index is 11.1. The van der Waals surface area contributed by atoms with Gasteiger partial charge in [0.05, 0.1) is 5.69 Å². The predicted octanol–water partition coefficient (Wildman–Crippen LogP) is 3.31. The fourth-order valence-corrected chi connectivity index (χ4v) is 2.31. The van der Waals surface area contributed by atoms with Gasteiger partial charge in [0.1, 0.15) is 5.69 Å². The first kappa shape index (κ1) is 11.8. The van der Waals surface area contributed by atoms with E-state index >= 15 is 0 Å². The van der Waals surface area contributed by atoms with E-state index < -0.39 is 0 Å². The number of hydrogen-bond acceptors (Lipinski definition) is 3. The van der Waals surface area contributed by atoms with E-state index in [0.717, 1.165) is 19.3 Å². The van der Waals surface area contributed by atoms with Crippen molar-refractivity contribution in [1.82, 2.24) is 0 Å². The molecule has 1 aliphatic carbocycles. The number of carbonyl (C=O) groups excluding carboxylic acids is 1. The van der Waals surface area contributed by atoms with Crippen LogP contribution in [-0.4, -0.2) is 5.91 Å². The third-order valence-corrected chi connectivity index (χ3v) is 3.12. The van der Waals surface area contributed by atoms with Crippen LogP contribution in [0.25, 0.3) is 0 Å². The van der Waals surface area contributed by atoms with Crippen molar-refractivity contribution < 1.29 is 4.79 Å². The number of aryl methyl sites for hydroxylation is 2. The SMILES string of the molecule is CC(=O)Nc1cc2c(cc1N=O)CCCCC2. The lowest BCUT2D eigenvalue weighted by molar-refractivity contribution is -0.114. The Balaban J connectivity index is 2.41. The molecule has 0 bridgehead atoms. The Morgan fingerprint density at radius 1 is 1.18 bits per heavy atom. The Morgan fingerprint density at radius 3 is 2.41 bits per heavy atom. The van der Waals surface area contributed by atoms with Crippen LogP contribution in [0, 0.1) is 4.91 Å². The molecular formula is C13H16N2O2. The lowest BCUT2D eigenvalue weighted by Crippen LogP contribution is -2.07. The number of nitrogens with zero attached hydrogens (tertiary/aromatic N) is 1. The van der Waals surface area contributed by atoms with Gasteiger partial charge in [0.15, 0.2) is 0 Å². The Kier molecular flexibility index (Phi) is 3.52. The van der Waals surface area contributed by atoms with Crippen molar-refractivity contribution in [2.75, 3.05) is 5.32 Å². The minimum absolute atomic E-state index is 0.177. The highest BCUT2D eigenvalue weighted by molar-refractivity contribution is 5.92. The van der Waals surface area contributed by atoms with Crippen LogP contribution in [-0.2, 0) is 17.6 Å². The average Bonchev–Trinajstić information content (AvgIpc) is 2.51. The Hall–Kier alpha value is -1.71. The molecule has 0 unspecified atom stereocenters. The van der Waals surface area contributed by atoms with Crippen molar-refractivity contribution in [3.8, 4) is 0 Å². The third-order valence-electron chi connectivity index (χ3n) is 3.12. The van der Waals surface area contributed by atoms with Gasteiger partial charge in [0.25, 0.3) is 0 Å². The summed E-state index contributed by atoms with van der Waals surface area (Å²) in [4.78, 5) is 21.8. The number of rotatable bonds is 2. The van der Waals surface area contributed by atoms with Gasteiger partial charge in [0, 0.05) is 6.92 Å². The summed E-state index contributed by atoms with van der Waals surface area (Å²) < 4.78 is 0. The number of nitroso groups, excluding NO2 is 1. The summed E-state index contributed by atoms with van der Waals surface area (Å²) in [6.45, 7) is 1.43. The topological polar surface area (TPSA) is 58.5 Å². The highest BCUT2D eigenvalue weighted by Crippen LogP contribution is 2.32. The van der Waals surface area contributed by atoms with E-state index in [1.54, 1.807) is 0 Å². The van der Waals surface area contributed by atoms with Gasteiger partial charge < -0.3 is 5.32 Å². The summed E-state index contributed by atoms with van der Waals surface area (Å²) >= 11 is 0. The van der Waals surface area contributed by atoms with Crippen LogP contribution in [0.15, 0.2) is 17.3 Å². The molecule has 4 nitrogen and oxygen atoms in total. The van der Waals surface area contributed by atoms with Crippen molar-refractivity contribution in [2.45, 2.75) is 39.0 Å². The lowest BCUT2D eigenvalue weighted by atomic mass is 10.0. The monoisotopic (exact) mass is 232 g/mol. The number of fused-ring (bicyclic) bond motifs is 1. The van der Waals surface area contributed by atoms with Crippen LogP contribution in [0.5, 0.6) is 0 Å². The molecule has 0 atom stereocenters. The molecule has 1 aromatic carbocycles. The number of hydrogen-bond donors (Lipinski definition) is 1. The number of amides is 1. The zero-order chi connectivity index (χ0) is 12.3. The summed E-state index contributed by atoms with van der Waals surface area (Å²) in [6, 6.07) is 3.72. The van der Waals surface area contributed by atoms with Crippen molar-refractivity contribution in [3.63, 3.8) is 0 Å². The molecule has 1 aromatic rings. The van der Waals surface area contributed by atoms with Crippen LogP contribution >= 0.6 is 0 Å². The highest BCUT2D eigenvalue weighted by atomic mass is 16.3. The summed E-state index contributed by atoms with van der Waals surface area (Å²) in [7, 11) is 0. The number of nitrogens with one attached hydrogen (secondary N) is 1. The molecule has 0 saturated heterocycles. The highest BCUT2D eigenvalue weighted by Gasteiger charge is 2.13. The van der Waals surface area contributed by atoms with Gasteiger partial charge in [-0.15, -0.1) is 4.91 Å².